The summed E-state index contributed by atoms with van der Waals surface area (Å²) in [5.74, 6) is 0.690. The number of nitrogens with zero attached hydrogens (tertiary/aromatic N) is 2. The molecule has 11 aromatic rings. The zero-order valence-electron chi connectivity index (χ0n) is 33.7. The molecular formula is C59H38N2S. The second-order valence-corrected chi connectivity index (χ2v) is 17.2. The van der Waals surface area contributed by atoms with Gasteiger partial charge in [0.25, 0.3) is 0 Å². The Kier molecular flexibility index (Phi) is 8.62. The number of hydrogen-bond acceptors (Lipinski definition) is 3. The van der Waals surface area contributed by atoms with Gasteiger partial charge in [-0.1, -0.05) is 194 Å². The zero-order valence-corrected chi connectivity index (χ0v) is 34.6. The van der Waals surface area contributed by atoms with E-state index in [1.165, 1.54) is 64.7 Å². The van der Waals surface area contributed by atoms with E-state index in [4.69, 9.17) is 9.97 Å². The van der Waals surface area contributed by atoms with Crippen molar-refractivity contribution in [2.45, 2.75) is 5.41 Å². The first-order valence-electron chi connectivity index (χ1n) is 21.1. The fraction of sp³-hybridized carbons (Fsp3) is 0.0169. The normalized spacial score (nSPS) is 12.6. The lowest BCUT2D eigenvalue weighted by Crippen LogP contribution is -2.28. The van der Waals surface area contributed by atoms with Crippen molar-refractivity contribution in [1.29, 1.82) is 0 Å². The topological polar surface area (TPSA) is 25.8 Å². The van der Waals surface area contributed by atoms with Gasteiger partial charge in [-0.05, 0) is 92.0 Å². The summed E-state index contributed by atoms with van der Waals surface area (Å²) in [5, 5.41) is 2.61. The van der Waals surface area contributed by atoms with E-state index < -0.39 is 5.41 Å². The first-order valence-corrected chi connectivity index (χ1v) is 22.0. The number of benzene rings is 9. The van der Waals surface area contributed by atoms with E-state index in [1.807, 2.05) is 11.3 Å². The summed E-state index contributed by atoms with van der Waals surface area (Å²) >= 11 is 1.85. The molecule has 0 saturated heterocycles. The van der Waals surface area contributed by atoms with Crippen LogP contribution in [0.15, 0.2) is 231 Å². The Morgan fingerprint density at radius 1 is 0.306 bits per heavy atom. The molecule has 3 heteroatoms. The Hall–Kier alpha value is -7.72. The molecule has 0 atom stereocenters. The minimum atomic E-state index is -0.513. The lowest BCUT2D eigenvalue weighted by atomic mass is 9.67. The quantitative estimate of drug-likeness (QED) is 0.160. The maximum Gasteiger partial charge on any atom is 0.160 e. The molecule has 290 valence electrons. The van der Waals surface area contributed by atoms with Crippen molar-refractivity contribution in [2.75, 3.05) is 0 Å². The van der Waals surface area contributed by atoms with Crippen LogP contribution >= 0.6 is 11.3 Å². The van der Waals surface area contributed by atoms with Crippen LogP contribution in [0.3, 0.4) is 0 Å². The monoisotopic (exact) mass is 806 g/mol. The maximum atomic E-state index is 5.41. The molecule has 0 unspecified atom stereocenters. The molecule has 0 bridgehead atoms. The maximum absolute atomic E-state index is 5.41. The van der Waals surface area contributed by atoms with Gasteiger partial charge in [0.2, 0.25) is 0 Å². The van der Waals surface area contributed by atoms with Crippen molar-refractivity contribution in [1.82, 2.24) is 9.97 Å². The molecular weight excluding hydrogens is 769 g/mol. The second-order valence-electron chi connectivity index (χ2n) is 16.1. The van der Waals surface area contributed by atoms with E-state index in [0.717, 1.165) is 39.2 Å². The minimum Gasteiger partial charge on any atom is -0.228 e. The van der Waals surface area contributed by atoms with Crippen LogP contribution in [-0.2, 0) is 5.41 Å². The van der Waals surface area contributed by atoms with Gasteiger partial charge in [0.05, 0.1) is 16.8 Å². The molecule has 12 rings (SSSR count). The third kappa shape index (κ3) is 5.93. The summed E-state index contributed by atoms with van der Waals surface area (Å²) in [6.07, 6.45) is 0. The predicted octanol–water partition coefficient (Wildman–Crippen LogP) is 15.5. The van der Waals surface area contributed by atoms with Gasteiger partial charge >= 0.3 is 0 Å². The van der Waals surface area contributed by atoms with Gasteiger partial charge in [-0.25, -0.2) is 9.97 Å². The summed E-state index contributed by atoms with van der Waals surface area (Å²) in [6.45, 7) is 0. The molecule has 0 N–H and O–H groups in total. The zero-order chi connectivity index (χ0) is 41.0. The van der Waals surface area contributed by atoms with Gasteiger partial charge in [-0.15, -0.1) is 11.3 Å². The molecule has 2 aromatic heterocycles. The van der Waals surface area contributed by atoms with E-state index in [1.54, 1.807) is 0 Å². The number of rotatable bonds is 7. The van der Waals surface area contributed by atoms with E-state index >= 15 is 0 Å². The molecule has 0 radical (unpaired) electrons. The number of hydrogen-bond donors (Lipinski definition) is 0. The SMILES string of the molecule is c1ccc(-c2cccc(-c3nc(-c4ccc(-c5ccc6sc7ccccc7c6c5)cc4)cc(-c4ccc5c(c4)C(c4ccccc4)(c4ccccc4)c4ccccc4-5)n3)c2)cc1. The van der Waals surface area contributed by atoms with Crippen LogP contribution in [0.5, 0.6) is 0 Å². The lowest BCUT2D eigenvalue weighted by Gasteiger charge is -2.34. The summed E-state index contributed by atoms with van der Waals surface area (Å²) < 4.78 is 2.63. The Morgan fingerprint density at radius 2 is 0.839 bits per heavy atom. The molecule has 0 amide bonds. The fourth-order valence-corrected chi connectivity index (χ4v) is 10.8. The van der Waals surface area contributed by atoms with Gasteiger partial charge in [0.1, 0.15) is 0 Å². The molecule has 0 spiro atoms. The average molecular weight is 807 g/mol. The van der Waals surface area contributed by atoms with E-state index in [2.05, 4.69) is 231 Å². The molecule has 62 heavy (non-hydrogen) atoms. The highest BCUT2D eigenvalue weighted by molar-refractivity contribution is 7.25. The second kappa shape index (κ2) is 14.8. The third-order valence-electron chi connectivity index (χ3n) is 12.6. The van der Waals surface area contributed by atoms with Crippen LogP contribution in [0.2, 0.25) is 0 Å². The third-order valence-corrected chi connectivity index (χ3v) is 13.8. The molecule has 0 aliphatic heterocycles. The van der Waals surface area contributed by atoms with Crippen LogP contribution in [0, 0.1) is 0 Å². The minimum absolute atomic E-state index is 0.513. The smallest absolute Gasteiger partial charge is 0.160 e. The molecule has 1 aliphatic rings. The summed E-state index contributed by atoms with van der Waals surface area (Å²) in [6, 6.07) is 83.4. The van der Waals surface area contributed by atoms with Crippen LogP contribution in [0.1, 0.15) is 22.3 Å². The van der Waals surface area contributed by atoms with Gasteiger partial charge in [0, 0.05) is 36.9 Å². The predicted molar refractivity (Wildman–Crippen MR) is 259 cm³/mol. The van der Waals surface area contributed by atoms with Crippen molar-refractivity contribution >= 4 is 31.5 Å². The van der Waals surface area contributed by atoms with Crippen LogP contribution in [0.25, 0.3) is 87.5 Å². The molecule has 2 heterocycles. The molecule has 0 fully saturated rings. The Labute approximate surface area is 365 Å². The number of thiophene rings is 1. The Morgan fingerprint density at radius 3 is 1.61 bits per heavy atom. The van der Waals surface area contributed by atoms with Gasteiger partial charge < -0.3 is 0 Å². The van der Waals surface area contributed by atoms with Crippen LogP contribution in [-0.4, -0.2) is 9.97 Å². The highest BCUT2D eigenvalue weighted by Crippen LogP contribution is 2.56. The van der Waals surface area contributed by atoms with Crippen molar-refractivity contribution < 1.29 is 0 Å². The first-order chi connectivity index (χ1) is 30.7. The molecule has 1 aliphatic carbocycles. The van der Waals surface area contributed by atoms with E-state index in [0.29, 0.717) is 5.82 Å². The van der Waals surface area contributed by atoms with Crippen LogP contribution < -0.4 is 0 Å². The standard InChI is InChI=1S/C59H38N2S/c1-4-15-39(16-5-1)42-17-14-18-45(35-42)58-60-54(41-29-27-40(28-30-41)43-32-34-57-51(36-43)50-24-11-13-26-56(50)62-57)38-55(61-58)44-31-33-49-48-23-10-12-25-52(48)59(53(49)37-44,46-19-6-2-7-20-46)47-21-8-3-9-22-47/h1-38H. The lowest BCUT2D eigenvalue weighted by molar-refractivity contribution is 0.768. The molecule has 9 aromatic carbocycles. The molecule has 2 nitrogen and oxygen atoms in total. The fourth-order valence-electron chi connectivity index (χ4n) is 9.68. The van der Waals surface area contributed by atoms with Crippen LogP contribution in [0.4, 0.5) is 0 Å². The van der Waals surface area contributed by atoms with E-state index in [9.17, 15) is 0 Å². The van der Waals surface area contributed by atoms with Crippen molar-refractivity contribution in [3.05, 3.63) is 253 Å². The number of fused-ring (bicyclic) bond motifs is 6. The van der Waals surface area contributed by atoms with Gasteiger partial charge in [-0.2, -0.15) is 0 Å². The van der Waals surface area contributed by atoms with Crippen molar-refractivity contribution in [2.24, 2.45) is 0 Å². The number of aromatic nitrogens is 2. The summed E-state index contributed by atoms with van der Waals surface area (Å²) in [4.78, 5) is 10.7. The Bertz CT molecular complexity index is 3400. The van der Waals surface area contributed by atoms with Crippen molar-refractivity contribution in [3.8, 4) is 67.3 Å². The van der Waals surface area contributed by atoms with Crippen molar-refractivity contribution in [3.63, 3.8) is 0 Å². The largest absolute Gasteiger partial charge is 0.228 e. The van der Waals surface area contributed by atoms with Gasteiger partial charge in [-0.3, -0.25) is 0 Å². The summed E-state index contributed by atoms with van der Waals surface area (Å²) in [5.41, 5.74) is 16.5. The first kappa shape index (κ1) is 36.2. The Balaban J connectivity index is 1.03. The highest BCUT2D eigenvalue weighted by Gasteiger charge is 2.46. The molecule has 0 saturated carbocycles. The van der Waals surface area contributed by atoms with Gasteiger partial charge in [0.15, 0.2) is 5.82 Å². The summed E-state index contributed by atoms with van der Waals surface area (Å²) in [7, 11) is 0. The highest BCUT2D eigenvalue weighted by atomic mass is 32.1. The average Bonchev–Trinajstić information content (AvgIpc) is 3.88. The van der Waals surface area contributed by atoms with E-state index in [-0.39, 0.29) is 0 Å².